The predicted octanol–water partition coefficient (Wildman–Crippen LogP) is 3.35. The van der Waals surface area contributed by atoms with E-state index in [0.717, 1.165) is 11.3 Å². The van der Waals surface area contributed by atoms with Gasteiger partial charge in [-0.1, -0.05) is 35.9 Å². The van der Waals surface area contributed by atoms with Crippen molar-refractivity contribution in [2.24, 2.45) is 5.10 Å². The first kappa shape index (κ1) is 16.0. The third-order valence-electron chi connectivity index (χ3n) is 2.97. The summed E-state index contributed by atoms with van der Waals surface area (Å²) in [7, 11) is 0. The van der Waals surface area contributed by atoms with Crippen LogP contribution in [0.1, 0.15) is 11.1 Å². The third kappa shape index (κ3) is 4.30. The van der Waals surface area contributed by atoms with Crippen LogP contribution in [0.2, 0.25) is 5.02 Å². The quantitative estimate of drug-likeness (QED) is 0.656. The smallest absolute Gasteiger partial charge is 0.259 e. The van der Waals surface area contributed by atoms with Crippen molar-refractivity contribution in [1.82, 2.24) is 5.43 Å². The summed E-state index contributed by atoms with van der Waals surface area (Å²) in [6.07, 6.45) is 1.18. The van der Waals surface area contributed by atoms with Gasteiger partial charge < -0.3 is 5.32 Å². The number of aryl methyl sites for hydroxylation is 1. The number of amides is 1. The molecular formula is C16H15ClFN3O. The van der Waals surface area contributed by atoms with Crippen LogP contribution in [0, 0.1) is 12.7 Å². The maximum Gasteiger partial charge on any atom is 0.259 e. The van der Waals surface area contributed by atoms with Crippen LogP contribution in [-0.2, 0) is 4.79 Å². The molecule has 2 N–H and O–H groups in total. The Morgan fingerprint density at radius 2 is 2.05 bits per heavy atom. The lowest BCUT2D eigenvalue weighted by atomic mass is 10.2. The van der Waals surface area contributed by atoms with Crippen LogP contribution in [0.3, 0.4) is 0 Å². The largest absolute Gasteiger partial charge is 0.376 e. The molecule has 0 fully saturated rings. The molecule has 0 aliphatic carbocycles. The van der Waals surface area contributed by atoms with Crippen LogP contribution in [0.25, 0.3) is 0 Å². The number of hydrogen-bond donors (Lipinski definition) is 2. The summed E-state index contributed by atoms with van der Waals surface area (Å²) in [5.74, 6) is -0.838. The minimum Gasteiger partial charge on any atom is -0.376 e. The summed E-state index contributed by atoms with van der Waals surface area (Å²) < 4.78 is 13.5. The number of nitrogens with zero attached hydrogens (tertiary/aromatic N) is 1. The standard InChI is InChI=1S/C16H15ClFN3O/c1-11-5-2-3-8-15(11)19-10-16(22)21-20-9-12-13(17)6-4-7-14(12)18/h2-9,19H,10H2,1H3,(H,21,22). The number of benzene rings is 2. The molecule has 0 aliphatic rings. The van der Waals surface area contributed by atoms with E-state index in [4.69, 9.17) is 11.6 Å². The van der Waals surface area contributed by atoms with E-state index in [9.17, 15) is 9.18 Å². The Balaban J connectivity index is 1.88. The molecule has 0 saturated heterocycles. The third-order valence-corrected chi connectivity index (χ3v) is 3.30. The van der Waals surface area contributed by atoms with E-state index in [1.807, 2.05) is 31.2 Å². The molecule has 2 rings (SSSR count). The van der Waals surface area contributed by atoms with Crippen LogP contribution < -0.4 is 10.7 Å². The van der Waals surface area contributed by atoms with Crippen molar-refractivity contribution >= 4 is 29.4 Å². The Labute approximate surface area is 133 Å². The van der Waals surface area contributed by atoms with Gasteiger partial charge in [0.25, 0.3) is 5.91 Å². The molecule has 0 aromatic heterocycles. The Morgan fingerprint density at radius 3 is 2.77 bits per heavy atom. The highest BCUT2D eigenvalue weighted by Crippen LogP contribution is 2.16. The number of carbonyl (C=O) groups is 1. The van der Waals surface area contributed by atoms with Crippen molar-refractivity contribution < 1.29 is 9.18 Å². The van der Waals surface area contributed by atoms with Crippen LogP contribution >= 0.6 is 11.6 Å². The zero-order valence-corrected chi connectivity index (χ0v) is 12.7. The minimum absolute atomic E-state index is 0.0627. The van der Waals surface area contributed by atoms with E-state index in [1.54, 1.807) is 6.07 Å². The summed E-state index contributed by atoms with van der Waals surface area (Å²) >= 11 is 5.85. The number of nitrogens with one attached hydrogen (secondary N) is 2. The first-order chi connectivity index (χ1) is 10.6. The van der Waals surface area contributed by atoms with E-state index in [2.05, 4.69) is 15.8 Å². The van der Waals surface area contributed by atoms with E-state index < -0.39 is 5.82 Å². The molecule has 0 bridgehead atoms. The minimum atomic E-state index is -0.497. The highest BCUT2D eigenvalue weighted by molar-refractivity contribution is 6.33. The molecular weight excluding hydrogens is 305 g/mol. The lowest BCUT2D eigenvalue weighted by molar-refractivity contribution is -0.119. The first-order valence-corrected chi connectivity index (χ1v) is 7.01. The predicted molar refractivity (Wildman–Crippen MR) is 86.8 cm³/mol. The number of hydrazone groups is 1. The zero-order valence-electron chi connectivity index (χ0n) is 11.9. The number of anilines is 1. The van der Waals surface area contributed by atoms with Crippen molar-refractivity contribution in [2.75, 3.05) is 11.9 Å². The molecule has 0 radical (unpaired) electrons. The van der Waals surface area contributed by atoms with Crippen molar-refractivity contribution in [3.8, 4) is 0 Å². The summed E-state index contributed by atoms with van der Waals surface area (Å²) in [5.41, 5.74) is 4.37. The van der Waals surface area contributed by atoms with Gasteiger partial charge in [-0.3, -0.25) is 4.79 Å². The van der Waals surface area contributed by atoms with E-state index >= 15 is 0 Å². The van der Waals surface area contributed by atoms with Crippen LogP contribution in [0.4, 0.5) is 10.1 Å². The molecule has 0 saturated carbocycles. The number of para-hydroxylation sites is 1. The fraction of sp³-hybridized carbons (Fsp3) is 0.125. The Bertz CT molecular complexity index is 683. The molecule has 2 aromatic carbocycles. The van der Waals surface area contributed by atoms with Gasteiger partial charge in [0, 0.05) is 11.3 Å². The van der Waals surface area contributed by atoms with Crippen LogP contribution in [0.5, 0.6) is 0 Å². The van der Waals surface area contributed by atoms with Gasteiger partial charge >= 0.3 is 0 Å². The number of rotatable bonds is 5. The SMILES string of the molecule is Cc1ccccc1NCC(=O)NN=Cc1c(F)cccc1Cl. The van der Waals surface area contributed by atoms with Gasteiger partial charge in [-0.05, 0) is 30.7 Å². The van der Waals surface area contributed by atoms with Crippen molar-refractivity contribution in [3.05, 3.63) is 64.4 Å². The lowest BCUT2D eigenvalue weighted by Gasteiger charge is -2.07. The normalized spacial score (nSPS) is 10.7. The number of hydrogen-bond acceptors (Lipinski definition) is 3. The van der Waals surface area contributed by atoms with Crippen molar-refractivity contribution in [2.45, 2.75) is 6.92 Å². The maximum atomic E-state index is 13.5. The molecule has 22 heavy (non-hydrogen) atoms. The zero-order chi connectivity index (χ0) is 15.9. The van der Waals surface area contributed by atoms with Gasteiger partial charge in [0.15, 0.2) is 0 Å². The summed E-state index contributed by atoms with van der Waals surface area (Å²) in [5, 5.41) is 6.94. The average Bonchev–Trinajstić information content (AvgIpc) is 2.49. The average molecular weight is 320 g/mol. The van der Waals surface area contributed by atoms with Crippen LogP contribution in [0.15, 0.2) is 47.6 Å². The lowest BCUT2D eigenvalue weighted by Crippen LogP contribution is -2.26. The van der Waals surface area contributed by atoms with E-state index in [1.165, 1.54) is 18.3 Å². The van der Waals surface area contributed by atoms with Crippen LogP contribution in [-0.4, -0.2) is 18.7 Å². The highest BCUT2D eigenvalue weighted by atomic mass is 35.5. The fourth-order valence-electron chi connectivity index (χ4n) is 1.79. The molecule has 0 heterocycles. The van der Waals surface area contributed by atoms with Gasteiger partial charge in [0.05, 0.1) is 17.8 Å². The number of halogens is 2. The van der Waals surface area contributed by atoms with Gasteiger partial charge in [-0.15, -0.1) is 0 Å². The van der Waals surface area contributed by atoms with Gasteiger partial charge in [-0.2, -0.15) is 5.10 Å². The molecule has 1 amide bonds. The van der Waals surface area contributed by atoms with E-state index in [0.29, 0.717) is 0 Å². The monoisotopic (exact) mass is 319 g/mol. The summed E-state index contributed by atoms with van der Waals surface area (Å²) in [6.45, 7) is 2.01. The highest BCUT2D eigenvalue weighted by Gasteiger charge is 2.04. The summed E-state index contributed by atoms with van der Waals surface area (Å²) in [6, 6.07) is 11.9. The van der Waals surface area contributed by atoms with Crippen molar-refractivity contribution in [3.63, 3.8) is 0 Å². The maximum absolute atomic E-state index is 13.5. The molecule has 6 heteroatoms. The second-order valence-electron chi connectivity index (χ2n) is 4.60. The molecule has 0 atom stereocenters. The Morgan fingerprint density at radius 1 is 1.27 bits per heavy atom. The first-order valence-electron chi connectivity index (χ1n) is 6.63. The Kier molecular flexibility index (Phi) is 5.49. The van der Waals surface area contributed by atoms with Gasteiger partial charge in [0.1, 0.15) is 5.82 Å². The second kappa shape index (κ2) is 7.56. The van der Waals surface area contributed by atoms with Crippen molar-refractivity contribution in [1.29, 1.82) is 0 Å². The fourth-order valence-corrected chi connectivity index (χ4v) is 2.00. The topological polar surface area (TPSA) is 53.5 Å². The summed E-state index contributed by atoms with van der Waals surface area (Å²) in [4.78, 5) is 11.7. The molecule has 0 aliphatic heterocycles. The van der Waals surface area contributed by atoms with Gasteiger partial charge in [0.2, 0.25) is 0 Å². The molecule has 0 unspecified atom stereocenters. The molecule has 4 nitrogen and oxygen atoms in total. The Hall–Kier alpha value is -2.40. The number of carbonyl (C=O) groups excluding carboxylic acids is 1. The molecule has 2 aromatic rings. The molecule has 114 valence electrons. The van der Waals surface area contributed by atoms with Gasteiger partial charge in [-0.25, -0.2) is 9.82 Å². The van der Waals surface area contributed by atoms with E-state index in [-0.39, 0.29) is 23.0 Å². The second-order valence-corrected chi connectivity index (χ2v) is 5.00. The molecule has 0 spiro atoms.